The van der Waals surface area contributed by atoms with Crippen molar-refractivity contribution in [2.24, 2.45) is 0 Å². The molecule has 0 unspecified atom stereocenters. The maximum atomic E-state index is 12.7. The van der Waals surface area contributed by atoms with Crippen LogP contribution in [-0.4, -0.2) is 16.1 Å². The average Bonchev–Trinajstić information content (AvgIpc) is 2.09. The number of hydrogen-bond acceptors (Lipinski definition) is 3. The van der Waals surface area contributed by atoms with Gasteiger partial charge in [0.1, 0.15) is 0 Å². The molecule has 0 aliphatic heterocycles. The summed E-state index contributed by atoms with van der Waals surface area (Å²) in [5, 5.41) is 8.72. The van der Waals surface area contributed by atoms with Crippen LogP contribution in [0.2, 0.25) is 0 Å². The minimum Gasteiger partial charge on any atom is -0.476 e. The summed E-state index contributed by atoms with van der Waals surface area (Å²) in [6.07, 6.45) is 3.09. The molecule has 0 saturated carbocycles. The molecule has 5 heteroatoms. The lowest BCUT2D eigenvalue weighted by Gasteiger charge is -2.03. The summed E-state index contributed by atoms with van der Waals surface area (Å²) >= 11 is 0. The molecule has 0 aliphatic rings. The molecule has 74 valence electrons. The van der Waals surface area contributed by atoms with Crippen LogP contribution in [0.1, 0.15) is 23.0 Å². The summed E-state index contributed by atoms with van der Waals surface area (Å²) in [5.74, 6) is -2.20. The van der Waals surface area contributed by atoms with E-state index in [-0.39, 0.29) is 16.9 Å². The Balaban J connectivity index is 3.44. The van der Waals surface area contributed by atoms with Crippen molar-refractivity contribution in [3.8, 4) is 0 Å². The molecule has 4 nitrogen and oxygen atoms in total. The molecule has 0 aliphatic carbocycles. The van der Waals surface area contributed by atoms with E-state index in [0.717, 1.165) is 6.07 Å². The quantitative estimate of drug-likeness (QED) is 0.703. The van der Waals surface area contributed by atoms with Gasteiger partial charge in [0.05, 0.1) is 0 Å². The highest BCUT2D eigenvalue weighted by molar-refractivity contribution is 5.92. The summed E-state index contributed by atoms with van der Waals surface area (Å²) in [5.41, 5.74) is 5.36. The van der Waals surface area contributed by atoms with Crippen LogP contribution in [0, 0.1) is 5.95 Å². The molecule has 1 rings (SSSR count). The molecule has 0 saturated heterocycles. The first-order chi connectivity index (χ1) is 6.56. The Morgan fingerprint density at radius 1 is 1.71 bits per heavy atom. The number of carboxylic acid groups (broad SMARTS) is 1. The van der Waals surface area contributed by atoms with E-state index >= 15 is 0 Å². The van der Waals surface area contributed by atoms with Crippen LogP contribution in [0.4, 0.5) is 10.1 Å². The molecule has 0 radical (unpaired) electrons. The monoisotopic (exact) mass is 196 g/mol. The van der Waals surface area contributed by atoms with Crippen molar-refractivity contribution in [2.75, 3.05) is 5.73 Å². The Morgan fingerprint density at radius 2 is 2.36 bits per heavy atom. The second kappa shape index (κ2) is 3.87. The molecule has 0 bridgehead atoms. The summed E-state index contributed by atoms with van der Waals surface area (Å²) in [6, 6.07) is 0.988. The number of aromatic nitrogens is 1. The zero-order chi connectivity index (χ0) is 10.7. The minimum absolute atomic E-state index is 0.0630. The third kappa shape index (κ3) is 1.87. The lowest BCUT2D eigenvalue weighted by molar-refractivity contribution is 0.0689. The Kier molecular flexibility index (Phi) is 2.81. The molecule has 1 heterocycles. The largest absolute Gasteiger partial charge is 0.476 e. The average molecular weight is 196 g/mol. The van der Waals surface area contributed by atoms with E-state index < -0.39 is 11.9 Å². The van der Waals surface area contributed by atoms with E-state index in [2.05, 4.69) is 4.98 Å². The second-order valence-corrected chi connectivity index (χ2v) is 2.60. The van der Waals surface area contributed by atoms with Crippen LogP contribution in [0.5, 0.6) is 0 Å². The van der Waals surface area contributed by atoms with Gasteiger partial charge in [0.2, 0.25) is 5.95 Å². The van der Waals surface area contributed by atoms with Crippen LogP contribution in [-0.2, 0) is 0 Å². The van der Waals surface area contributed by atoms with Gasteiger partial charge in [-0.3, -0.25) is 0 Å². The SMILES string of the molecule is C/C=C/c1c(N)cc(F)nc1C(=O)O. The predicted molar refractivity (Wildman–Crippen MR) is 50.3 cm³/mol. The summed E-state index contributed by atoms with van der Waals surface area (Å²) in [7, 11) is 0. The van der Waals surface area contributed by atoms with Crippen molar-refractivity contribution in [1.29, 1.82) is 0 Å². The van der Waals surface area contributed by atoms with Crippen LogP contribution >= 0.6 is 0 Å². The van der Waals surface area contributed by atoms with Gasteiger partial charge in [0.25, 0.3) is 0 Å². The number of nitrogens with two attached hydrogens (primary N) is 1. The number of nitrogen functional groups attached to an aromatic ring is 1. The standard InChI is InChI=1S/C9H9FN2O2/c1-2-3-5-6(11)4-7(10)12-8(5)9(13)14/h2-4H,1H3,(H2,11,12)(H,13,14)/b3-2+. The van der Waals surface area contributed by atoms with Crippen molar-refractivity contribution in [1.82, 2.24) is 4.98 Å². The van der Waals surface area contributed by atoms with Crippen molar-refractivity contribution < 1.29 is 14.3 Å². The van der Waals surface area contributed by atoms with Gasteiger partial charge in [0, 0.05) is 17.3 Å². The van der Waals surface area contributed by atoms with Gasteiger partial charge in [0.15, 0.2) is 5.69 Å². The van der Waals surface area contributed by atoms with Crippen LogP contribution in [0.15, 0.2) is 12.1 Å². The van der Waals surface area contributed by atoms with Gasteiger partial charge in [-0.2, -0.15) is 4.39 Å². The lowest BCUT2D eigenvalue weighted by Crippen LogP contribution is -2.07. The molecule has 1 aromatic heterocycles. The highest BCUT2D eigenvalue weighted by Gasteiger charge is 2.14. The van der Waals surface area contributed by atoms with Crippen molar-refractivity contribution >= 4 is 17.7 Å². The Morgan fingerprint density at radius 3 is 2.86 bits per heavy atom. The third-order valence-corrected chi connectivity index (χ3v) is 1.60. The number of halogens is 1. The fourth-order valence-electron chi connectivity index (χ4n) is 1.05. The van der Waals surface area contributed by atoms with E-state index in [0.29, 0.717) is 0 Å². The van der Waals surface area contributed by atoms with Crippen molar-refractivity contribution in [3.05, 3.63) is 29.3 Å². The van der Waals surface area contributed by atoms with E-state index in [4.69, 9.17) is 10.8 Å². The van der Waals surface area contributed by atoms with E-state index in [1.165, 1.54) is 6.08 Å². The van der Waals surface area contributed by atoms with Crippen LogP contribution in [0.25, 0.3) is 6.08 Å². The predicted octanol–water partition coefficient (Wildman–Crippen LogP) is 1.53. The Labute approximate surface area is 79.9 Å². The summed E-state index contributed by atoms with van der Waals surface area (Å²) in [6.45, 7) is 1.70. The molecule has 3 N–H and O–H groups in total. The van der Waals surface area contributed by atoms with Gasteiger partial charge in [-0.1, -0.05) is 12.2 Å². The third-order valence-electron chi connectivity index (χ3n) is 1.60. The normalized spacial score (nSPS) is 10.7. The van der Waals surface area contributed by atoms with E-state index in [1.807, 2.05) is 0 Å². The van der Waals surface area contributed by atoms with Gasteiger partial charge < -0.3 is 10.8 Å². The summed E-state index contributed by atoms with van der Waals surface area (Å²) in [4.78, 5) is 13.9. The van der Waals surface area contributed by atoms with Gasteiger partial charge in [-0.15, -0.1) is 0 Å². The molecular formula is C9H9FN2O2. The number of rotatable bonds is 2. The molecule has 0 spiro atoms. The fourth-order valence-corrected chi connectivity index (χ4v) is 1.05. The lowest BCUT2D eigenvalue weighted by atomic mass is 10.1. The van der Waals surface area contributed by atoms with Crippen molar-refractivity contribution in [3.63, 3.8) is 0 Å². The van der Waals surface area contributed by atoms with Gasteiger partial charge in [-0.25, -0.2) is 9.78 Å². The number of carboxylic acids is 1. The smallest absolute Gasteiger partial charge is 0.355 e. The second-order valence-electron chi connectivity index (χ2n) is 2.60. The van der Waals surface area contributed by atoms with Crippen LogP contribution < -0.4 is 5.73 Å². The molecule has 0 atom stereocenters. The van der Waals surface area contributed by atoms with E-state index in [1.54, 1.807) is 13.0 Å². The first-order valence-corrected chi connectivity index (χ1v) is 3.88. The minimum atomic E-state index is -1.30. The number of pyridine rings is 1. The highest BCUT2D eigenvalue weighted by atomic mass is 19.1. The zero-order valence-electron chi connectivity index (χ0n) is 7.49. The van der Waals surface area contributed by atoms with E-state index in [9.17, 15) is 9.18 Å². The Hall–Kier alpha value is -1.91. The number of nitrogens with zero attached hydrogens (tertiary/aromatic N) is 1. The summed E-state index contributed by atoms with van der Waals surface area (Å²) < 4.78 is 12.7. The molecule has 1 aromatic rings. The molecule has 0 aromatic carbocycles. The van der Waals surface area contributed by atoms with Gasteiger partial charge >= 0.3 is 5.97 Å². The molecule has 0 fully saturated rings. The maximum Gasteiger partial charge on any atom is 0.355 e. The zero-order valence-corrected chi connectivity index (χ0v) is 7.49. The highest BCUT2D eigenvalue weighted by Crippen LogP contribution is 2.18. The first kappa shape index (κ1) is 10.2. The number of allylic oxidation sites excluding steroid dienone is 1. The number of hydrogen-bond donors (Lipinski definition) is 2. The van der Waals surface area contributed by atoms with Crippen molar-refractivity contribution in [2.45, 2.75) is 6.92 Å². The number of carbonyl (C=O) groups is 1. The topological polar surface area (TPSA) is 76.2 Å². The van der Waals surface area contributed by atoms with Gasteiger partial charge in [-0.05, 0) is 6.92 Å². The number of aromatic carboxylic acids is 1. The molecule has 14 heavy (non-hydrogen) atoms. The molecular weight excluding hydrogens is 187 g/mol. The number of anilines is 1. The fraction of sp³-hybridized carbons (Fsp3) is 0.111. The maximum absolute atomic E-state index is 12.7. The molecule has 0 amide bonds. The Bertz CT molecular complexity index is 402. The van der Waals surface area contributed by atoms with Crippen LogP contribution in [0.3, 0.4) is 0 Å². The first-order valence-electron chi connectivity index (χ1n) is 3.88.